The predicted molar refractivity (Wildman–Crippen MR) is 95.8 cm³/mol. The van der Waals surface area contributed by atoms with Crippen molar-refractivity contribution in [2.45, 2.75) is 31.5 Å². The van der Waals surface area contributed by atoms with E-state index in [1.165, 1.54) is 0 Å². The van der Waals surface area contributed by atoms with E-state index in [2.05, 4.69) is 15.4 Å². The first-order valence-corrected chi connectivity index (χ1v) is 8.76. The number of nitrogens with one attached hydrogen (secondary N) is 1. The van der Waals surface area contributed by atoms with E-state index in [0.717, 1.165) is 13.0 Å². The smallest absolute Gasteiger partial charge is 0.270 e. The van der Waals surface area contributed by atoms with E-state index in [9.17, 15) is 9.90 Å². The highest BCUT2D eigenvalue weighted by Gasteiger charge is 2.34. The molecule has 1 aliphatic carbocycles. The second kappa shape index (κ2) is 7.13. The summed E-state index contributed by atoms with van der Waals surface area (Å²) in [5, 5.41) is 17.5. The van der Waals surface area contributed by atoms with Gasteiger partial charge in [-0.2, -0.15) is 5.10 Å². The van der Waals surface area contributed by atoms with Gasteiger partial charge in [-0.05, 0) is 49.1 Å². The normalized spacial score (nSPS) is 22.4. The average Bonchev–Trinajstić information content (AvgIpc) is 3.39. The van der Waals surface area contributed by atoms with Gasteiger partial charge in [0.15, 0.2) is 0 Å². The van der Waals surface area contributed by atoms with Gasteiger partial charge in [0.25, 0.3) is 5.91 Å². The summed E-state index contributed by atoms with van der Waals surface area (Å²) >= 11 is 0. The number of pyridine rings is 1. The van der Waals surface area contributed by atoms with E-state index < -0.39 is 6.10 Å². The Bertz CT molecular complexity index is 860. The summed E-state index contributed by atoms with van der Waals surface area (Å²) in [6, 6.07) is 10.8. The van der Waals surface area contributed by atoms with Crippen molar-refractivity contribution in [1.82, 2.24) is 24.6 Å². The average molecular weight is 351 g/mol. The molecule has 0 saturated heterocycles. The van der Waals surface area contributed by atoms with Crippen LogP contribution in [0.3, 0.4) is 0 Å². The molecule has 1 amide bonds. The number of hydrogen-bond acceptors (Lipinski definition) is 4. The Hall–Kier alpha value is -2.93. The minimum atomic E-state index is -0.549. The molecule has 7 heteroatoms. The molecule has 4 rings (SSSR count). The molecular weight excluding hydrogens is 330 g/mol. The molecular formula is C19H21N5O2. The molecule has 26 heavy (non-hydrogen) atoms. The van der Waals surface area contributed by atoms with Crippen LogP contribution in [0.1, 0.15) is 23.3 Å². The Kier molecular flexibility index (Phi) is 4.53. The fourth-order valence-electron chi connectivity index (χ4n) is 3.52. The van der Waals surface area contributed by atoms with Crippen molar-refractivity contribution in [3.63, 3.8) is 0 Å². The first-order valence-electron chi connectivity index (χ1n) is 8.76. The Morgan fingerprint density at radius 1 is 1.15 bits per heavy atom. The molecule has 7 nitrogen and oxygen atoms in total. The van der Waals surface area contributed by atoms with Gasteiger partial charge < -0.3 is 15.0 Å². The number of carbonyl (C=O) groups is 1. The molecule has 2 N–H and O–H groups in total. The Morgan fingerprint density at radius 3 is 2.77 bits per heavy atom. The summed E-state index contributed by atoms with van der Waals surface area (Å²) in [6.45, 7) is 0.748. The van der Waals surface area contributed by atoms with Gasteiger partial charge in [-0.15, -0.1) is 0 Å². The third kappa shape index (κ3) is 3.52. The summed E-state index contributed by atoms with van der Waals surface area (Å²) in [5.41, 5.74) is 0.346. The molecule has 1 fully saturated rings. The largest absolute Gasteiger partial charge is 0.391 e. The van der Waals surface area contributed by atoms with Gasteiger partial charge in [0.1, 0.15) is 11.5 Å². The lowest BCUT2D eigenvalue weighted by Gasteiger charge is -2.16. The molecule has 0 radical (unpaired) electrons. The Labute approximate surface area is 151 Å². The predicted octanol–water partition coefficient (Wildman–Crippen LogP) is 1.64. The minimum absolute atomic E-state index is 0.261. The van der Waals surface area contributed by atoms with Crippen LogP contribution in [0.4, 0.5) is 0 Å². The van der Waals surface area contributed by atoms with Gasteiger partial charge in [0.05, 0.1) is 12.1 Å². The molecule has 3 heterocycles. The summed E-state index contributed by atoms with van der Waals surface area (Å²) in [4.78, 5) is 17.0. The number of hydrogen-bond donors (Lipinski definition) is 2. The summed E-state index contributed by atoms with van der Waals surface area (Å²) in [7, 11) is 0. The van der Waals surface area contributed by atoms with Gasteiger partial charge in [-0.1, -0.05) is 6.07 Å². The fraction of sp³-hybridized carbons (Fsp3) is 0.316. The SMILES string of the molecule is O=C(N[C@@H]1CC(Cn2cccn2)C[C@H]1O)c1cccc(-n2cccc2)n1. The van der Waals surface area contributed by atoms with Crippen molar-refractivity contribution < 1.29 is 9.90 Å². The molecule has 3 aromatic rings. The number of amides is 1. The first-order chi connectivity index (χ1) is 12.7. The van der Waals surface area contributed by atoms with Crippen LogP contribution in [0.2, 0.25) is 0 Å². The molecule has 3 atom stereocenters. The van der Waals surface area contributed by atoms with Gasteiger partial charge in [0.2, 0.25) is 0 Å². The van der Waals surface area contributed by atoms with Crippen LogP contribution in [0.15, 0.2) is 61.2 Å². The van der Waals surface area contributed by atoms with Crippen LogP contribution in [0, 0.1) is 5.92 Å². The highest BCUT2D eigenvalue weighted by molar-refractivity contribution is 5.92. The van der Waals surface area contributed by atoms with Gasteiger partial charge >= 0.3 is 0 Å². The van der Waals surface area contributed by atoms with E-state index in [1.807, 2.05) is 58.2 Å². The molecule has 1 unspecified atom stereocenters. The van der Waals surface area contributed by atoms with Crippen molar-refractivity contribution in [3.05, 3.63) is 66.9 Å². The second-order valence-corrected chi connectivity index (χ2v) is 6.68. The number of carbonyl (C=O) groups excluding carboxylic acids is 1. The minimum Gasteiger partial charge on any atom is -0.391 e. The van der Waals surface area contributed by atoms with Gasteiger partial charge in [0, 0.05) is 31.3 Å². The van der Waals surface area contributed by atoms with E-state index in [4.69, 9.17) is 0 Å². The Morgan fingerprint density at radius 2 is 2.00 bits per heavy atom. The lowest BCUT2D eigenvalue weighted by molar-refractivity contribution is 0.0868. The molecule has 1 saturated carbocycles. The topological polar surface area (TPSA) is 85.0 Å². The quantitative estimate of drug-likeness (QED) is 0.732. The molecule has 0 spiro atoms. The van der Waals surface area contributed by atoms with E-state index >= 15 is 0 Å². The summed E-state index contributed by atoms with van der Waals surface area (Å²) < 4.78 is 3.71. The molecule has 1 aliphatic rings. The second-order valence-electron chi connectivity index (χ2n) is 6.68. The number of nitrogens with zero attached hydrogens (tertiary/aromatic N) is 4. The van der Waals surface area contributed by atoms with E-state index in [0.29, 0.717) is 17.9 Å². The molecule has 0 bridgehead atoms. The van der Waals surface area contributed by atoms with Gasteiger partial charge in [-0.25, -0.2) is 4.98 Å². The molecule has 0 aliphatic heterocycles. The van der Waals surface area contributed by atoms with Crippen LogP contribution >= 0.6 is 0 Å². The lowest BCUT2D eigenvalue weighted by atomic mass is 10.1. The van der Waals surface area contributed by atoms with Crippen LogP contribution < -0.4 is 5.32 Å². The molecule has 0 aromatic carbocycles. The fourth-order valence-corrected chi connectivity index (χ4v) is 3.52. The van der Waals surface area contributed by atoms with Crippen molar-refractivity contribution in [3.8, 4) is 5.82 Å². The summed E-state index contributed by atoms with van der Waals surface area (Å²) in [5.74, 6) is 0.711. The number of rotatable bonds is 5. The monoisotopic (exact) mass is 351 g/mol. The maximum atomic E-state index is 12.6. The summed E-state index contributed by atoms with van der Waals surface area (Å²) in [6.07, 6.45) is 8.25. The maximum Gasteiger partial charge on any atom is 0.270 e. The number of aliphatic hydroxyl groups is 1. The zero-order valence-corrected chi connectivity index (χ0v) is 14.3. The van der Waals surface area contributed by atoms with Crippen molar-refractivity contribution >= 4 is 5.91 Å². The van der Waals surface area contributed by atoms with Crippen LogP contribution in [0.5, 0.6) is 0 Å². The highest BCUT2D eigenvalue weighted by Crippen LogP contribution is 2.27. The molecule has 3 aromatic heterocycles. The van der Waals surface area contributed by atoms with Crippen molar-refractivity contribution in [2.75, 3.05) is 0 Å². The third-order valence-electron chi connectivity index (χ3n) is 4.78. The standard InChI is InChI=1S/C19H21N5O2/c25-17-12-14(13-24-10-4-7-20-24)11-16(17)22-19(26)15-5-3-6-18(21-15)23-8-1-2-9-23/h1-10,14,16-17,25H,11-13H2,(H,22,26)/t14?,16-,17-/m1/s1. The number of aliphatic hydroxyl groups excluding tert-OH is 1. The highest BCUT2D eigenvalue weighted by atomic mass is 16.3. The Balaban J connectivity index is 1.41. The van der Waals surface area contributed by atoms with Crippen LogP contribution in [0.25, 0.3) is 5.82 Å². The van der Waals surface area contributed by atoms with Crippen molar-refractivity contribution in [1.29, 1.82) is 0 Å². The van der Waals surface area contributed by atoms with Crippen LogP contribution in [-0.4, -0.2) is 42.5 Å². The van der Waals surface area contributed by atoms with E-state index in [1.54, 1.807) is 12.3 Å². The lowest BCUT2D eigenvalue weighted by Crippen LogP contribution is -2.40. The van der Waals surface area contributed by atoms with E-state index in [-0.39, 0.29) is 17.9 Å². The third-order valence-corrected chi connectivity index (χ3v) is 4.78. The molecule has 134 valence electrons. The first kappa shape index (κ1) is 16.5. The van der Waals surface area contributed by atoms with Crippen molar-refractivity contribution in [2.24, 2.45) is 5.92 Å². The van der Waals surface area contributed by atoms with Gasteiger partial charge in [-0.3, -0.25) is 9.48 Å². The number of aromatic nitrogens is 4. The maximum absolute atomic E-state index is 12.6. The zero-order chi connectivity index (χ0) is 17.9. The van der Waals surface area contributed by atoms with Crippen LogP contribution in [-0.2, 0) is 6.54 Å². The zero-order valence-electron chi connectivity index (χ0n) is 14.3.